The van der Waals surface area contributed by atoms with E-state index in [1.807, 2.05) is 13.8 Å². The van der Waals surface area contributed by atoms with Crippen LogP contribution in [0.15, 0.2) is 0 Å². The molecule has 0 saturated carbocycles. The quantitative estimate of drug-likeness (QED) is 0.428. The van der Waals surface area contributed by atoms with Crippen molar-refractivity contribution in [1.82, 2.24) is 0 Å². The Kier molecular flexibility index (Phi) is 2.38. The lowest BCUT2D eigenvalue weighted by Crippen LogP contribution is -2.37. The molecule has 1 aliphatic rings. The lowest BCUT2D eigenvalue weighted by atomic mass is 9.89. The first kappa shape index (κ1) is 9.84. The molecule has 1 rings (SSSR count). The fourth-order valence-electron chi connectivity index (χ4n) is 1.60. The van der Waals surface area contributed by atoms with Gasteiger partial charge >= 0.3 is 0 Å². The zero-order chi connectivity index (χ0) is 9.41. The molecule has 2 unspecified atom stereocenters. The smallest absolute Gasteiger partial charge is 0.200 e. The van der Waals surface area contributed by atoms with Crippen molar-refractivity contribution in [3.63, 3.8) is 0 Å². The molecule has 0 N–H and O–H groups in total. The average Bonchev–Trinajstić information content (AvgIpc) is 1.83. The molecule has 0 aromatic rings. The molecule has 1 saturated heterocycles. The normalized spacial score (nSPS) is 40.3. The summed E-state index contributed by atoms with van der Waals surface area (Å²) < 4.78 is 17.1. The Balaban J connectivity index is 2.83. The van der Waals surface area contributed by atoms with Crippen LogP contribution in [0, 0.1) is 18.3 Å². The minimum Gasteiger partial charge on any atom is -0.321 e. The third-order valence-electron chi connectivity index (χ3n) is 2.29. The van der Waals surface area contributed by atoms with E-state index in [9.17, 15) is 4.57 Å². The van der Waals surface area contributed by atoms with Crippen molar-refractivity contribution in [3.05, 3.63) is 0 Å². The van der Waals surface area contributed by atoms with Crippen LogP contribution in [-0.4, -0.2) is 18.4 Å². The van der Waals surface area contributed by atoms with Gasteiger partial charge in [-0.05, 0) is 20.3 Å². The Morgan fingerprint density at radius 1 is 1.67 bits per heavy atom. The van der Waals surface area contributed by atoms with E-state index < -0.39 is 13.0 Å². The molecular formula is C9H15O2P. The van der Waals surface area contributed by atoms with Gasteiger partial charge in [0.05, 0.1) is 5.60 Å². The standard InChI is InChI=1S/C9H15O2P/c1-5-8-6-7-12(4,10)11-9(8,2)3/h1,8H,6-7H2,2-4H3. The summed E-state index contributed by atoms with van der Waals surface area (Å²) >= 11 is 0. The van der Waals surface area contributed by atoms with E-state index in [2.05, 4.69) is 5.92 Å². The van der Waals surface area contributed by atoms with Gasteiger partial charge in [-0.2, -0.15) is 0 Å². The predicted molar refractivity (Wildman–Crippen MR) is 50.5 cm³/mol. The maximum absolute atomic E-state index is 11.6. The first-order valence-corrected chi connectivity index (χ1v) is 6.36. The van der Waals surface area contributed by atoms with E-state index in [4.69, 9.17) is 10.9 Å². The second-order valence-corrected chi connectivity index (χ2v) is 6.60. The Morgan fingerprint density at radius 2 is 2.25 bits per heavy atom. The van der Waals surface area contributed by atoms with Crippen LogP contribution in [0.4, 0.5) is 0 Å². The van der Waals surface area contributed by atoms with Gasteiger partial charge in [0.1, 0.15) is 0 Å². The zero-order valence-electron chi connectivity index (χ0n) is 7.83. The van der Waals surface area contributed by atoms with Crippen LogP contribution < -0.4 is 0 Å². The fraction of sp³-hybridized carbons (Fsp3) is 0.778. The Bertz CT molecular complexity index is 262. The van der Waals surface area contributed by atoms with Gasteiger partial charge < -0.3 is 4.52 Å². The zero-order valence-corrected chi connectivity index (χ0v) is 8.73. The topological polar surface area (TPSA) is 26.3 Å². The third kappa shape index (κ3) is 1.91. The second kappa shape index (κ2) is 2.91. The highest BCUT2D eigenvalue weighted by atomic mass is 31.2. The van der Waals surface area contributed by atoms with Crippen molar-refractivity contribution >= 4 is 7.37 Å². The number of terminal acetylenes is 1. The molecule has 0 aromatic heterocycles. The van der Waals surface area contributed by atoms with Crippen molar-refractivity contribution in [2.75, 3.05) is 12.8 Å². The highest BCUT2D eigenvalue weighted by Crippen LogP contribution is 2.54. The van der Waals surface area contributed by atoms with Gasteiger partial charge in [-0.15, -0.1) is 12.3 Å². The number of rotatable bonds is 0. The van der Waals surface area contributed by atoms with Gasteiger partial charge in [-0.3, -0.25) is 4.57 Å². The minimum atomic E-state index is -2.35. The summed E-state index contributed by atoms with van der Waals surface area (Å²) in [7, 11) is -2.35. The van der Waals surface area contributed by atoms with E-state index in [0.717, 1.165) is 6.42 Å². The predicted octanol–water partition coefficient (Wildman–Crippen LogP) is 2.34. The van der Waals surface area contributed by atoms with Gasteiger partial charge in [0.2, 0.25) is 7.37 Å². The molecule has 2 nitrogen and oxygen atoms in total. The van der Waals surface area contributed by atoms with E-state index in [0.29, 0.717) is 6.16 Å². The van der Waals surface area contributed by atoms with Crippen molar-refractivity contribution < 1.29 is 9.09 Å². The van der Waals surface area contributed by atoms with Gasteiger partial charge in [-0.1, -0.05) is 0 Å². The molecule has 12 heavy (non-hydrogen) atoms. The summed E-state index contributed by atoms with van der Waals surface area (Å²) in [6, 6.07) is 0. The average molecular weight is 186 g/mol. The molecule has 0 aliphatic carbocycles. The van der Waals surface area contributed by atoms with Gasteiger partial charge in [0, 0.05) is 18.7 Å². The van der Waals surface area contributed by atoms with Crippen LogP contribution in [0.3, 0.4) is 0 Å². The molecule has 0 spiro atoms. The van der Waals surface area contributed by atoms with Crippen LogP contribution in [0.5, 0.6) is 0 Å². The lowest BCUT2D eigenvalue weighted by Gasteiger charge is -2.38. The summed E-state index contributed by atoms with van der Waals surface area (Å²) in [5, 5.41) is 0. The minimum absolute atomic E-state index is 0.0968. The molecule has 0 amide bonds. The van der Waals surface area contributed by atoms with Crippen LogP contribution in [-0.2, 0) is 9.09 Å². The van der Waals surface area contributed by atoms with Crippen LogP contribution >= 0.6 is 7.37 Å². The lowest BCUT2D eigenvalue weighted by molar-refractivity contribution is 0.0571. The van der Waals surface area contributed by atoms with Gasteiger partial charge in [0.15, 0.2) is 0 Å². The fourth-order valence-corrected chi connectivity index (χ4v) is 3.54. The van der Waals surface area contributed by atoms with Crippen molar-refractivity contribution in [1.29, 1.82) is 0 Å². The second-order valence-electron chi connectivity index (χ2n) is 3.94. The third-order valence-corrected chi connectivity index (χ3v) is 4.22. The summed E-state index contributed by atoms with van der Waals surface area (Å²) in [5.74, 6) is 2.78. The largest absolute Gasteiger partial charge is 0.321 e. The molecular weight excluding hydrogens is 171 g/mol. The summed E-state index contributed by atoms with van der Waals surface area (Å²) in [6.07, 6.45) is 6.78. The summed E-state index contributed by atoms with van der Waals surface area (Å²) in [4.78, 5) is 0. The van der Waals surface area contributed by atoms with Crippen molar-refractivity contribution in [2.24, 2.45) is 5.92 Å². The molecule has 1 heterocycles. The number of hydrogen-bond donors (Lipinski definition) is 0. The van der Waals surface area contributed by atoms with Crippen molar-refractivity contribution in [3.8, 4) is 12.3 Å². The van der Waals surface area contributed by atoms with E-state index >= 15 is 0 Å². The van der Waals surface area contributed by atoms with Crippen LogP contribution in [0.2, 0.25) is 0 Å². The Morgan fingerprint density at radius 3 is 2.67 bits per heavy atom. The highest BCUT2D eigenvalue weighted by molar-refractivity contribution is 7.58. The van der Waals surface area contributed by atoms with E-state index in [1.165, 1.54) is 0 Å². The Hall–Kier alpha value is -0.250. The summed E-state index contributed by atoms with van der Waals surface area (Å²) in [6.45, 7) is 5.50. The molecule has 1 fully saturated rings. The molecule has 1 aliphatic heterocycles. The first-order valence-electron chi connectivity index (χ1n) is 4.11. The molecule has 0 radical (unpaired) electrons. The highest BCUT2D eigenvalue weighted by Gasteiger charge is 2.40. The molecule has 0 aromatic carbocycles. The first-order chi connectivity index (χ1) is 5.37. The monoisotopic (exact) mass is 186 g/mol. The van der Waals surface area contributed by atoms with Crippen LogP contribution in [0.25, 0.3) is 0 Å². The molecule has 3 heteroatoms. The number of hydrogen-bond acceptors (Lipinski definition) is 2. The van der Waals surface area contributed by atoms with Gasteiger partial charge in [-0.25, -0.2) is 0 Å². The van der Waals surface area contributed by atoms with Crippen LogP contribution in [0.1, 0.15) is 20.3 Å². The SMILES string of the molecule is C#CC1CCP(C)(=O)OC1(C)C. The molecule has 2 atom stereocenters. The maximum atomic E-state index is 11.6. The molecule has 0 bridgehead atoms. The summed E-state index contributed by atoms with van der Waals surface area (Å²) in [5.41, 5.74) is -0.419. The van der Waals surface area contributed by atoms with Gasteiger partial charge in [0.25, 0.3) is 0 Å². The molecule has 68 valence electrons. The maximum Gasteiger partial charge on any atom is 0.200 e. The van der Waals surface area contributed by atoms with E-state index in [1.54, 1.807) is 6.66 Å². The van der Waals surface area contributed by atoms with E-state index in [-0.39, 0.29) is 5.92 Å². The van der Waals surface area contributed by atoms with Crippen molar-refractivity contribution in [2.45, 2.75) is 25.9 Å². The Labute approximate surface area is 74.1 Å².